The number of halogens is 1. The van der Waals surface area contributed by atoms with E-state index in [1.807, 2.05) is 47.4 Å². The summed E-state index contributed by atoms with van der Waals surface area (Å²) in [6.07, 6.45) is 2.24. The van der Waals surface area contributed by atoms with Crippen molar-refractivity contribution in [3.8, 4) is 0 Å². The molecule has 1 unspecified atom stereocenters. The number of ether oxygens (including phenoxy) is 2. The summed E-state index contributed by atoms with van der Waals surface area (Å²) in [5, 5.41) is 0.610. The number of piperazine rings is 1. The minimum atomic E-state index is -1.93. The average molecular weight is 524 g/mol. The van der Waals surface area contributed by atoms with Crippen LogP contribution in [0, 0.1) is 0 Å². The van der Waals surface area contributed by atoms with Crippen LogP contribution in [0.5, 0.6) is 0 Å². The molecule has 2 saturated heterocycles. The first kappa shape index (κ1) is 25.0. The van der Waals surface area contributed by atoms with Crippen molar-refractivity contribution in [1.82, 2.24) is 14.7 Å². The van der Waals surface area contributed by atoms with Crippen LogP contribution in [0.15, 0.2) is 66.7 Å². The molecule has 0 bridgehead atoms. The van der Waals surface area contributed by atoms with E-state index in [4.69, 9.17) is 21.1 Å². The van der Waals surface area contributed by atoms with Crippen LogP contribution in [-0.2, 0) is 35.2 Å². The lowest BCUT2D eigenvalue weighted by molar-refractivity contribution is -0.292. The lowest BCUT2D eigenvalue weighted by Crippen LogP contribution is -2.68. The highest BCUT2D eigenvalue weighted by atomic mass is 35.5. The molecule has 2 fully saturated rings. The van der Waals surface area contributed by atoms with E-state index in [1.165, 1.54) is 9.80 Å². The number of likely N-dealkylation sites (tertiary alicyclic amines) is 1. The van der Waals surface area contributed by atoms with Gasteiger partial charge in [0.1, 0.15) is 0 Å². The van der Waals surface area contributed by atoms with Crippen molar-refractivity contribution in [1.29, 1.82) is 0 Å². The number of rotatable bonds is 5. The van der Waals surface area contributed by atoms with Gasteiger partial charge < -0.3 is 14.4 Å². The predicted octanol–water partition coefficient (Wildman–Crippen LogP) is 2.31. The number of hydrogen-bond donors (Lipinski definition) is 0. The second kappa shape index (κ2) is 10.4. The Hall–Kier alpha value is -3.69. The summed E-state index contributed by atoms with van der Waals surface area (Å²) in [7, 11) is 0. The van der Waals surface area contributed by atoms with Gasteiger partial charge in [0.2, 0.25) is 11.8 Å². The van der Waals surface area contributed by atoms with Crippen LogP contribution in [0.25, 0.3) is 0 Å². The molecule has 3 aliphatic heterocycles. The number of benzene rings is 2. The van der Waals surface area contributed by atoms with Crippen LogP contribution < -0.4 is 0 Å². The Morgan fingerprint density at radius 1 is 0.946 bits per heavy atom. The highest BCUT2D eigenvalue weighted by molar-refractivity contribution is 6.30. The van der Waals surface area contributed by atoms with Gasteiger partial charge in [0.25, 0.3) is 0 Å². The van der Waals surface area contributed by atoms with Gasteiger partial charge >= 0.3 is 17.8 Å². The Balaban J connectivity index is 1.33. The predicted molar refractivity (Wildman–Crippen MR) is 133 cm³/mol. The largest absolute Gasteiger partial charge is 0.399 e. The zero-order valence-electron chi connectivity index (χ0n) is 20.0. The van der Waals surface area contributed by atoms with Crippen LogP contribution in [0.1, 0.15) is 23.5 Å². The van der Waals surface area contributed by atoms with E-state index in [0.717, 1.165) is 23.3 Å². The molecule has 3 aliphatic rings. The molecule has 0 radical (unpaired) electrons. The molecular formula is C27H26ClN3O6. The number of amides is 2. The first-order valence-electron chi connectivity index (χ1n) is 12.1. The molecule has 5 rings (SSSR count). The van der Waals surface area contributed by atoms with Gasteiger partial charge in [-0.3, -0.25) is 19.4 Å². The van der Waals surface area contributed by atoms with Crippen molar-refractivity contribution in [2.24, 2.45) is 0 Å². The standard InChI is InChI=1S/C27H26ClN3O6/c28-22-8-6-20(7-9-22)21-14-23(32)30(16-21)17-24(33)31-13-12-29(15-19-4-2-1-3-5-19)18-27(31)36-25(34)10-11-26(35)37-27/h1-11,21H,12-18H2. The smallest absolute Gasteiger partial charge is 0.358 e. The van der Waals surface area contributed by atoms with Crippen molar-refractivity contribution in [3.05, 3.63) is 82.9 Å². The highest BCUT2D eigenvalue weighted by Crippen LogP contribution is 2.31. The normalized spacial score (nSPS) is 21.6. The fourth-order valence-corrected chi connectivity index (χ4v) is 5.12. The first-order chi connectivity index (χ1) is 17.8. The molecule has 0 aliphatic carbocycles. The number of esters is 2. The van der Waals surface area contributed by atoms with Crippen LogP contribution >= 0.6 is 11.6 Å². The number of carbonyl (C=O) groups is 4. The Kier molecular flexibility index (Phi) is 6.99. The molecule has 2 aromatic rings. The minimum Gasteiger partial charge on any atom is -0.399 e. The van der Waals surface area contributed by atoms with Gasteiger partial charge in [-0.25, -0.2) is 9.59 Å². The molecule has 0 saturated carbocycles. The Morgan fingerprint density at radius 3 is 2.30 bits per heavy atom. The van der Waals surface area contributed by atoms with Crippen LogP contribution in [0.2, 0.25) is 5.02 Å². The molecule has 2 aromatic carbocycles. The summed E-state index contributed by atoms with van der Waals surface area (Å²) < 4.78 is 11.2. The van der Waals surface area contributed by atoms with Crippen molar-refractivity contribution in [2.75, 3.05) is 32.7 Å². The Labute approximate surface area is 219 Å². The maximum atomic E-state index is 13.5. The first-order valence-corrected chi connectivity index (χ1v) is 12.4. The maximum Gasteiger partial charge on any atom is 0.358 e. The SMILES string of the molecule is O=C1C=CC(=O)OC2(CN(Cc3ccccc3)CCN2C(=O)CN2CC(c3ccc(Cl)cc3)CC2=O)O1. The van der Waals surface area contributed by atoms with Gasteiger partial charge in [0, 0.05) is 55.7 Å². The fourth-order valence-electron chi connectivity index (χ4n) is 5.00. The third-order valence-corrected chi connectivity index (χ3v) is 7.03. The van der Waals surface area contributed by atoms with E-state index in [0.29, 0.717) is 24.7 Å². The van der Waals surface area contributed by atoms with E-state index in [1.54, 1.807) is 12.1 Å². The molecule has 10 heteroatoms. The van der Waals surface area contributed by atoms with Crippen LogP contribution in [0.3, 0.4) is 0 Å². The van der Waals surface area contributed by atoms with Gasteiger partial charge in [0.15, 0.2) is 0 Å². The summed E-state index contributed by atoms with van der Waals surface area (Å²) in [5.74, 6) is -4.18. The second-order valence-electron chi connectivity index (χ2n) is 9.36. The summed E-state index contributed by atoms with van der Waals surface area (Å²) in [6.45, 7) is 1.26. The zero-order valence-corrected chi connectivity index (χ0v) is 20.8. The summed E-state index contributed by atoms with van der Waals surface area (Å²) in [5.41, 5.74) is 1.99. The minimum absolute atomic E-state index is 0.0197. The molecule has 37 heavy (non-hydrogen) atoms. The van der Waals surface area contributed by atoms with Gasteiger partial charge in [-0.05, 0) is 23.3 Å². The van der Waals surface area contributed by atoms with E-state index in [9.17, 15) is 19.2 Å². The van der Waals surface area contributed by atoms with E-state index >= 15 is 0 Å². The molecule has 1 atom stereocenters. The number of hydrogen-bond acceptors (Lipinski definition) is 7. The van der Waals surface area contributed by atoms with Crippen molar-refractivity contribution >= 4 is 35.4 Å². The van der Waals surface area contributed by atoms with Crippen LogP contribution in [-0.4, -0.2) is 77.1 Å². The number of carbonyl (C=O) groups excluding carboxylic acids is 4. The van der Waals surface area contributed by atoms with Crippen molar-refractivity contribution in [3.63, 3.8) is 0 Å². The maximum absolute atomic E-state index is 13.5. The quantitative estimate of drug-likeness (QED) is 0.555. The van der Waals surface area contributed by atoms with E-state index in [-0.39, 0.29) is 37.9 Å². The van der Waals surface area contributed by atoms with Crippen LogP contribution in [0.4, 0.5) is 0 Å². The van der Waals surface area contributed by atoms with Crippen molar-refractivity contribution < 1.29 is 28.7 Å². The third-order valence-electron chi connectivity index (χ3n) is 6.78. The Bertz CT molecular complexity index is 1210. The topological polar surface area (TPSA) is 96.5 Å². The molecule has 0 N–H and O–H groups in total. The lowest BCUT2D eigenvalue weighted by atomic mass is 9.98. The molecule has 1 spiro atoms. The van der Waals surface area contributed by atoms with Gasteiger partial charge in [-0.15, -0.1) is 0 Å². The second-order valence-corrected chi connectivity index (χ2v) is 9.79. The molecule has 0 aromatic heterocycles. The number of nitrogens with zero attached hydrogens (tertiary/aromatic N) is 3. The van der Waals surface area contributed by atoms with Gasteiger partial charge in [-0.1, -0.05) is 54.1 Å². The Morgan fingerprint density at radius 2 is 1.62 bits per heavy atom. The monoisotopic (exact) mass is 523 g/mol. The fraction of sp³-hybridized carbons (Fsp3) is 0.333. The summed E-state index contributed by atoms with van der Waals surface area (Å²) >= 11 is 5.98. The van der Waals surface area contributed by atoms with Crippen molar-refractivity contribution in [2.45, 2.75) is 24.8 Å². The molecule has 3 heterocycles. The average Bonchev–Trinajstić information content (AvgIpc) is 3.16. The highest BCUT2D eigenvalue weighted by Gasteiger charge is 2.52. The third kappa shape index (κ3) is 5.52. The molecule has 192 valence electrons. The summed E-state index contributed by atoms with van der Waals surface area (Å²) in [6, 6.07) is 17.0. The van der Waals surface area contributed by atoms with Gasteiger partial charge in [0.05, 0.1) is 13.1 Å². The lowest BCUT2D eigenvalue weighted by Gasteiger charge is -2.47. The van der Waals surface area contributed by atoms with E-state index in [2.05, 4.69) is 0 Å². The van der Waals surface area contributed by atoms with E-state index < -0.39 is 23.8 Å². The molecule has 2 amide bonds. The zero-order chi connectivity index (χ0) is 26.0. The molecular weight excluding hydrogens is 498 g/mol. The van der Waals surface area contributed by atoms with Gasteiger partial charge in [-0.2, -0.15) is 0 Å². The summed E-state index contributed by atoms with van der Waals surface area (Å²) in [4.78, 5) is 55.8. The molecule has 9 nitrogen and oxygen atoms in total.